The molecule has 0 radical (unpaired) electrons. The van der Waals surface area contributed by atoms with Gasteiger partial charge in [0.25, 0.3) is 0 Å². The van der Waals surface area contributed by atoms with Crippen molar-refractivity contribution in [2.24, 2.45) is 11.8 Å². The third-order valence-corrected chi connectivity index (χ3v) is 3.03. The van der Waals surface area contributed by atoms with Crippen LogP contribution < -0.4 is 10.6 Å². The fraction of sp³-hybridized carbons (Fsp3) is 0.643. The lowest BCUT2D eigenvalue weighted by Crippen LogP contribution is -2.34. The fourth-order valence-electron chi connectivity index (χ4n) is 2.17. The molecule has 2 amide bonds. The lowest BCUT2D eigenvalue weighted by Gasteiger charge is -2.17. The zero-order chi connectivity index (χ0) is 15.8. The van der Waals surface area contributed by atoms with E-state index in [4.69, 9.17) is 5.11 Å². The van der Waals surface area contributed by atoms with E-state index in [-0.39, 0.29) is 18.4 Å². The fourth-order valence-corrected chi connectivity index (χ4v) is 2.17. The quantitative estimate of drug-likeness (QED) is 0.685. The molecular weight excluding hydrogens is 272 g/mol. The molecule has 3 N–H and O–H groups in total. The standard InChI is InChI=1S/C14H24N4O3/c1-4-18-9-12(8-16-18)17-14(21)15-7-11(5-10(2)3)6-13(19)20/h8-11H,4-7H2,1-3H3,(H,19,20)(H2,15,17,21)/t11-/m0/s1. The third-order valence-electron chi connectivity index (χ3n) is 3.03. The number of urea groups is 1. The molecule has 0 spiro atoms. The van der Waals surface area contributed by atoms with Gasteiger partial charge in [-0.3, -0.25) is 9.48 Å². The molecule has 7 heteroatoms. The Labute approximate surface area is 124 Å². The number of aryl methyl sites for hydroxylation is 1. The largest absolute Gasteiger partial charge is 0.481 e. The predicted octanol–water partition coefficient (Wildman–Crippen LogP) is 2.16. The number of carbonyl (C=O) groups is 2. The second-order valence-electron chi connectivity index (χ2n) is 5.51. The molecule has 118 valence electrons. The van der Waals surface area contributed by atoms with Crippen LogP contribution in [0.4, 0.5) is 10.5 Å². The minimum Gasteiger partial charge on any atom is -0.481 e. The van der Waals surface area contributed by atoms with Crippen molar-refractivity contribution in [3.05, 3.63) is 12.4 Å². The average molecular weight is 296 g/mol. The SMILES string of the molecule is CCn1cc(NC(=O)NC[C@H](CC(=O)O)CC(C)C)cn1. The summed E-state index contributed by atoms with van der Waals surface area (Å²) in [6.07, 6.45) is 4.14. The molecule has 0 aromatic carbocycles. The number of amides is 2. The van der Waals surface area contributed by atoms with Gasteiger partial charge in [-0.2, -0.15) is 5.10 Å². The van der Waals surface area contributed by atoms with Crippen molar-refractivity contribution in [3.63, 3.8) is 0 Å². The minimum absolute atomic E-state index is 0.0617. The molecule has 21 heavy (non-hydrogen) atoms. The van der Waals surface area contributed by atoms with Gasteiger partial charge in [0, 0.05) is 25.7 Å². The van der Waals surface area contributed by atoms with Crippen LogP contribution in [-0.4, -0.2) is 33.4 Å². The summed E-state index contributed by atoms with van der Waals surface area (Å²) >= 11 is 0. The monoisotopic (exact) mass is 296 g/mol. The van der Waals surface area contributed by atoms with Crippen LogP contribution in [0.1, 0.15) is 33.6 Å². The summed E-state index contributed by atoms with van der Waals surface area (Å²) in [7, 11) is 0. The first-order valence-corrected chi connectivity index (χ1v) is 7.19. The van der Waals surface area contributed by atoms with Gasteiger partial charge in [-0.15, -0.1) is 0 Å². The highest BCUT2D eigenvalue weighted by atomic mass is 16.4. The zero-order valence-corrected chi connectivity index (χ0v) is 12.8. The molecule has 0 saturated heterocycles. The number of hydrogen-bond donors (Lipinski definition) is 3. The van der Waals surface area contributed by atoms with E-state index in [1.54, 1.807) is 17.1 Å². The maximum absolute atomic E-state index is 11.8. The Morgan fingerprint density at radius 3 is 2.67 bits per heavy atom. The topological polar surface area (TPSA) is 96.2 Å². The number of nitrogens with one attached hydrogen (secondary N) is 2. The second kappa shape index (κ2) is 8.28. The number of aromatic nitrogens is 2. The van der Waals surface area contributed by atoms with E-state index in [0.717, 1.165) is 13.0 Å². The van der Waals surface area contributed by atoms with Crippen LogP contribution in [0.5, 0.6) is 0 Å². The Morgan fingerprint density at radius 1 is 1.43 bits per heavy atom. The van der Waals surface area contributed by atoms with E-state index in [1.165, 1.54) is 0 Å². The van der Waals surface area contributed by atoms with Gasteiger partial charge in [-0.25, -0.2) is 4.79 Å². The Balaban J connectivity index is 2.42. The summed E-state index contributed by atoms with van der Waals surface area (Å²) in [5.41, 5.74) is 0.619. The van der Waals surface area contributed by atoms with E-state index >= 15 is 0 Å². The van der Waals surface area contributed by atoms with Gasteiger partial charge < -0.3 is 15.7 Å². The maximum atomic E-state index is 11.8. The Morgan fingerprint density at radius 2 is 2.14 bits per heavy atom. The van der Waals surface area contributed by atoms with Gasteiger partial charge >= 0.3 is 12.0 Å². The minimum atomic E-state index is -0.841. The number of carboxylic acids is 1. The first-order chi connectivity index (χ1) is 9.90. The van der Waals surface area contributed by atoms with Crippen LogP contribution >= 0.6 is 0 Å². The molecule has 0 aliphatic rings. The number of nitrogens with zero attached hydrogens (tertiary/aromatic N) is 2. The molecular formula is C14H24N4O3. The number of carboxylic acid groups (broad SMARTS) is 1. The highest BCUT2D eigenvalue weighted by Crippen LogP contribution is 2.14. The molecule has 0 aliphatic heterocycles. The van der Waals surface area contributed by atoms with Gasteiger partial charge in [0.05, 0.1) is 11.9 Å². The Bertz CT molecular complexity index is 471. The molecule has 1 atom stereocenters. The molecule has 0 saturated carbocycles. The van der Waals surface area contributed by atoms with Gasteiger partial charge in [0.1, 0.15) is 0 Å². The molecule has 1 heterocycles. The van der Waals surface area contributed by atoms with Crippen LogP contribution in [0.2, 0.25) is 0 Å². The van der Waals surface area contributed by atoms with E-state index < -0.39 is 5.97 Å². The van der Waals surface area contributed by atoms with Crippen molar-refractivity contribution < 1.29 is 14.7 Å². The molecule has 1 rings (SSSR count). The summed E-state index contributed by atoms with van der Waals surface area (Å²) in [6.45, 7) is 7.11. The molecule has 1 aromatic rings. The summed E-state index contributed by atoms with van der Waals surface area (Å²) < 4.78 is 1.71. The Kier molecular flexibility index (Phi) is 6.71. The number of anilines is 1. The van der Waals surface area contributed by atoms with E-state index in [2.05, 4.69) is 15.7 Å². The maximum Gasteiger partial charge on any atom is 0.319 e. The molecule has 0 fully saturated rings. The van der Waals surface area contributed by atoms with Crippen LogP contribution in [-0.2, 0) is 11.3 Å². The molecule has 0 aliphatic carbocycles. The number of rotatable bonds is 8. The number of carbonyl (C=O) groups excluding carboxylic acids is 1. The normalized spacial score (nSPS) is 12.2. The van der Waals surface area contributed by atoms with Crippen LogP contribution in [0.3, 0.4) is 0 Å². The van der Waals surface area contributed by atoms with Gasteiger partial charge in [-0.1, -0.05) is 13.8 Å². The van der Waals surface area contributed by atoms with Crippen molar-refractivity contribution in [3.8, 4) is 0 Å². The summed E-state index contributed by atoms with van der Waals surface area (Å²) in [5.74, 6) is -0.513. The molecule has 7 nitrogen and oxygen atoms in total. The number of hydrogen-bond acceptors (Lipinski definition) is 3. The van der Waals surface area contributed by atoms with Crippen LogP contribution in [0.15, 0.2) is 12.4 Å². The smallest absolute Gasteiger partial charge is 0.319 e. The highest BCUT2D eigenvalue weighted by Gasteiger charge is 2.16. The molecule has 1 aromatic heterocycles. The third kappa shape index (κ3) is 6.78. The van der Waals surface area contributed by atoms with Crippen molar-refractivity contribution in [2.75, 3.05) is 11.9 Å². The first kappa shape index (κ1) is 17.0. The predicted molar refractivity (Wildman–Crippen MR) is 80.1 cm³/mol. The van der Waals surface area contributed by atoms with Crippen LogP contribution in [0, 0.1) is 11.8 Å². The lowest BCUT2D eigenvalue weighted by atomic mass is 9.94. The van der Waals surface area contributed by atoms with E-state index in [9.17, 15) is 9.59 Å². The zero-order valence-electron chi connectivity index (χ0n) is 12.8. The molecule has 0 unspecified atom stereocenters. The lowest BCUT2D eigenvalue weighted by molar-refractivity contribution is -0.138. The van der Waals surface area contributed by atoms with Crippen molar-refractivity contribution >= 4 is 17.7 Å². The second-order valence-corrected chi connectivity index (χ2v) is 5.51. The van der Waals surface area contributed by atoms with Gasteiger partial charge in [0.15, 0.2) is 0 Å². The number of aliphatic carboxylic acids is 1. The van der Waals surface area contributed by atoms with Crippen molar-refractivity contribution in [2.45, 2.75) is 40.2 Å². The van der Waals surface area contributed by atoms with Crippen molar-refractivity contribution in [1.82, 2.24) is 15.1 Å². The molecule has 0 bridgehead atoms. The average Bonchev–Trinajstić information content (AvgIpc) is 2.82. The van der Waals surface area contributed by atoms with E-state index in [0.29, 0.717) is 18.2 Å². The summed E-state index contributed by atoms with van der Waals surface area (Å²) in [6, 6.07) is -0.343. The highest BCUT2D eigenvalue weighted by molar-refractivity contribution is 5.88. The van der Waals surface area contributed by atoms with Crippen molar-refractivity contribution in [1.29, 1.82) is 0 Å². The van der Waals surface area contributed by atoms with Gasteiger partial charge in [0.2, 0.25) is 0 Å². The van der Waals surface area contributed by atoms with E-state index in [1.807, 2.05) is 20.8 Å². The summed E-state index contributed by atoms with van der Waals surface area (Å²) in [4.78, 5) is 22.6. The summed E-state index contributed by atoms with van der Waals surface area (Å²) in [5, 5.41) is 18.3. The van der Waals surface area contributed by atoms with Crippen LogP contribution in [0.25, 0.3) is 0 Å². The first-order valence-electron chi connectivity index (χ1n) is 7.19. The van der Waals surface area contributed by atoms with Gasteiger partial charge in [-0.05, 0) is 25.2 Å². The Hall–Kier alpha value is -2.05.